The molecule has 0 unspecified atom stereocenters. The van der Waals surface area contributed by atoms with E-state index in [4.69, 9.17) is 0 Å². The van der Waals surface area contributed by atoms with E-state index in [1.165, 1.54) is 17.8 Å². The first-order valence-corrected chi connectivity index (χ1v) is 5.14. The van der Waals surface area contributed by atoms with Gasteiger partial charge in [-0.15, -0.1) is 0 Å². The molecule has 3 rings (SSSR count). The second-order valence-electron chi connectivity index (χ2n) is 3.77. The van der Waals surface area contributed by atoms with Gasteiger partial charge in [-0.05, 0) is 23.3 Å². The van der Waals surface area contributed by atoms with Gasteiger partial charge in [0.1, 0.15) is 0 Å². The summed E-state index contributed by atoms with van der Waals surface area (Å²) in [6.07, 6.45) is 3.23. The van der Waals surface area contributed by atoms with Gasteiger partial charge < -0.3 is 5.32 Å². The Labute approximate surface area is 92.4 Å². The summed E-state index contributed by atoms with van der Waals surface area (Å²) in [5, 5.41) is 3.26. The van der Waals surface area contributed by atoms with E-state index in [2.05, 4.69) is 15.3 Å². The number of rotatable bonds is 1. The van der Waals surface area contributed by atoms with Gasteiger partial charge in [-0.3, -0.25) is 4.98 Å². The van der Waals surface area contributed by atoms with Crippen LogP contribution in [-0.4, -0.2) is 9.97 Å². The van der Waals surface area contributed by atoms with Gasteiger partial charge in [-0.25, -0.2) is 4.98 Å². The quantitative estimate of drug-likeness (QED) is 0.738. The molecule has 0 spiro atoms. The predicted molar refractivity (Wildman–Crippen MR) is 58.0 cm³/mol. The maximum Gasteiger partial charge on any atom is 0.213 e. The van der Waals surface area contributed by atoms with Crippen molar-refractivity contribution in [2.45, 2.75) is 13.1 Å². The number of halogens is 1. The summed E-state index contributed by atoms with van der Waals surface area (Å²) in [6, 6.07) is 5.20. The first-order chi connectivity index (χ1) is 7.84. The van der Waals surface area contributed by atoms with Crippen molar-refractivity contribution in [3.63, 3.8) is 0 Å². The van der Waals surface area contributed by atoms with Gasteiger partial charge in [0.05, 0.1) is 5.69 Å². The summed E-state index contributed by atoms with van der Waals surface area (Å²) in [5.74, 6) is -0.470. The van der Waals surface area contributed by atoms with Crippen molar-refractivity contribution in [3.05, 3.63) is 47.7 Å². The van der Waals surface area contributed by atoms with Gasteiger partial charge in [-0.1, -0.05) is 0 Å². The molecule has 80 valence electrons. The highest BCUT2D eigenvalue weighted by atomic mass is 19.1. The molecule has 0 aromatic carbocycles. The standard InChI is InChI=1S/C12H10FN3/c13-11-5-8(1-3-15-11)12-10-7-14-6-9(10)2-4-16-12/h1-5,14H,6-7H2. The van der Waals surface area contributed by atoms with Crippen LogP contribution in [0, 0.1) is 5.95 Å². The third-order valence-electron chi connectivity index (χ3n) is 2.77. The molecule has 16 heavy (non-hydrogen) atoms. The van der Waals surface area contributed by atoms with Crippen LogP contribution in [-0.2, 0) is 13.1 Å². The Balaban J connectivity index is 2.17. The summed E-state index contributed by atoms with van der Waals surface area (Å²) in [6.45, 7) is 1.65. The zero-order valence-electron chi connectivity index (χ0n) is 8.57. The number of aromatic nitrogens is 2. The number of nitrogens with zero attached hydrogens (tertiary/aromatic N) is 2. The summed E-state index contributed by atoms with van der Waals surface area (Å²) >= 11 is 0. The summed E-state index contributed by atoms with van der Waals surface area (Å²) in [5.41, 5.74) is 4.03. The number of pyridine rings is 2. The average Bonchev–Trinajstić information content (AvgIpc) is 2.76. The average molecular weight is 215 g/mol. The van der Waals surface area contributed by atoms with Crippen LogP contribution in [0.25, 0.3) is 11.3 Å². The van der Waals surface area contributed by atoms with Crippen LogP contribution < -0.4 is 5.32 Å². The van der Waals surface area contributed by atoms with Crippen molar-refractivity contribution in [1.29, 1.82) is 0 Å². The highest BCUT2D eigenvalue weighted by Crippen LogP contribution is 2.26. The maximum absolute atomic E-state index is 13.1. The van der Waals surface area contributed by atoms with Crippen LogP contribution in [0.4, 0.5) is 4.39 Å². The van der Waals surface area contributed by atoms with E-state index in [0.717, 1.165) is 29.9 Å². The lowest BCUT2D eigenvalue weighted by atomic mass is 10.0. The molecule has 0 saturated heterocycles. The topological polar surface area (TPSA) is 37.8 Å². The molecule has 0 fully saturated rings. The highest BCUT2D eigenvalue weighted by molar-refractivity contribution is 5.64. The molecule has 0 aliphatic carbocycles. The molecule has 0 bridgehead atoms. The van der Waals surface area contributed by atoms with E-state index in [0.29, 0.717) is 0 Å². The second kappa shape index (κ2) is 3.64. The zero-order chi connectivity index (χ0) is 11.0. The van der Waals surface area contributed by atoms with E-state index >= 15 is 0 Å². The molecule has 3 heterocycles. The van der Waals surface area contributed by atoms with Gasteiger partial charge in [0.15, 0.2) is 0 Å². The Hall–Kier alpha value is -1.81. The van der Waals surface area contributed by atoms with Gasteiger partial charge in [0, 0.05) is 37.1 Å². The van der Waals surface area contributed by atoms with Crippen LogP contribution >= 0.6 is 0 Å². The van der Waals surface area contributed by atoms with Crippen molar-refractivity contribution in [2.75, 3.05) is 0 Å². The van der Waals surface area contributed by atoms with Crippen LogP contribution in [0.3, 0.4) is 0 Å². The Bertz CT molecular complexity index is 540. The Morgan fingerprint density at radius 2 is 2.00 bits per heavy atom. The molecule has 0 radical (unpaired) electrons. The maximum atomic E-state index is 13.1. The monoisotopic (exact) mass is 215 g/mol. The van der Waals surface area contributed by atoms with Crippen molar-refractivity contribution >= 4 is 0 Å². The van der Waals surface area contributed by atoms with Crippen molar-refractivity contribution in [2.24, 2.45) is 0 Å². The van der Waals surface area contributed by atoms with Gasteiger partial charge >= 0.3 is 0 Å². The Morgan fingerprint density at radius 3 is 2.88 bits per heavy atom. The molecule has 2 aromatic heterocycles. The Morgan fingerprint density at radius 1 is 1.12 bits per heavy atom. The molecule has 0 saturated carbocycles. The molecule has 1 aliphatic rings. The van der Waals surface area contributed by atoms with Crippen molar-refractivity contribution < 1.29 is 4.39 Å². The fraction of sp³-hybridized carbons (Fsp3) is 0.167. The first kappa shape index (κ1) is 9.42. The Kier molecular flexibility index (Phi) is 2.15. The summed E-state index contributed by atoms with van der Waals surface area (Å²) in [4.78, 5) is 7.88. The molecule has 0 atom stereocenters. The van der Waals surface area contributed by atoms with E-state index in [1.54, 1.807) is 12.3 Å². The second-order valence-corrected chi connectivity index (χ2v) is 3.77. The minimum atomic E-state index is -0.470. The highest BCUT2D eigenvalue weighted by Gasteiger charge is 2.16. The smallest absolute Gasteiger partial charge is 0.213 e. The van der Waals surface area contributed by atoms with Gasteiger partial charge in [0.2, 0.25) is 5.95 Å². The van der Waals surface area contributed by atoms with E-state index < -0.39 is 5.95 Å². The van der Waals surface area contributed by atoms with Crippen LogP contribution in [0.2, 0.25) is 0 Å². The summed E-state index contributed by atoms with van der Waals surface area (Å²) in [7, 11) is 0. The molecular formula is C12H10FN3. The summed E-state index contributed by atoms with van der Waals surface area (Å²) < 4.78 is 13.1. The minimum Gasteiger partial charge on any atom is -0.309 e. The SMILES string of the molecule is Fc1cc(-c2nccc3c2CNC3)ccn1. The van der Waals surface area contributed by atoms with E-state index in [9.17, 15) is 4.39 Å². The lowest BCUT2D eigenvalue weighted by molar-refractivity contribution is 0.584. The number of fused-ring (bicyclic) bond motifs is 1. The largest absolute Gasteiger partial charge is 0.309 e. The fourth-order valence-corrected chi connectivity index (χ4v) is 2.02. The molecule has 2 aromatic rings. The molecular weight excluding hydrogens is 205 g/mol. The lowest BCUT2D eigenvalue weighted by Crippen LogP contribution is -2.00. The van der Waals surface area contributed by atoms with E-state index in [1.807, 2.05) is 6.07 Å². The lowest BCUT2D eigenvalue weighted by Gasteiger charge is -2.06. The number of hydrogen-bond donors (Lipinski definition) is 1. The minimum absolute atomic E-state index is 0.470. The number of hydrogen-bond acceptors (Lipinski definition) is 3. The van der Waals surface area contributed by atoms with Crippen molar-refractivity contribution in [1.82, 2.24) is 15.3 Å². The third kappa shape index (κ3) is 1.47. The fourth-order valence-electron chi connectivity index (χ4n) is 2.02. The van der Waals surface area contributed by atoms with Crippen LogP contribution in [0.5, 0.6) is 0 Å². The zero-order valence-corrected chi connectivity index (χ0v) is 8.57. The molecule has 0 amide bonds. The van der Waals surface area contributed by atoms with Gasteiger partial charge in [-0.2, -0.15) is 4.39 Å². The van der Waals surface area contributed by atoms with Crippen LogP contribution in [0.15, 0.2) is 30.6 Å². The molecule has 3 nitrogen and oxygen atoms in total. The number of nitrogens with one attached hydrogen (secondary N) is 1. The molecule has 1 N–H and O–H groups in total. The van der Waals surface area contributed by atoms with E-state index in [-0.39, 0.29) is 0 Å². The van der Waals surface area contributed by atoms with Crippen LogP contribution in [0.1, 0.15) is 11.1 Å². The predicted octanol–water partition coefficient (Wildman–Crippen LogP) is 1.89. The normalized spacial score (nSPS) is 13.8. The van der Waals surface area contributed by atoms with Gasteiger partial charge in [0.25, 0.3) is 0 Å². The third-order valence-corrected chi connectivity index (χ3v) is 2.77. The molecule has 4 heteroatoms. The first-order valence-electron chi connectivity index (χ1n) is 5.14. The van der Waals surface area contributed by atoms with Crippen molar-refractivity contribution in [3.8, 4) is 11.3 Å². The molecule has 1 aliphatic heterocycles.